The molecule has 0 aliphatic carbocycles. The van der Waals surface area contributed by atoms with Crippen LogP contribution in [0.2, 0.25) is 0 Å². The van der Waals surface area contributed by atoms with Gasteiger partial charge in [0.25, 0.3) is 0 Å². The summed E-state index contributed by atoms with van der Waals surface area (Å²) in [5.41, 5.74) is 8.75. The van der Waals surface area contributed by atoms with Crippen LogP contribution < -0.4 is 10.5 Å². The summed E-state index contributed by atoms with van der Waals surface area (Å²) in [7, 11) is 0. The number of rotatable bonds is 3. The van der Waals surface area contributed by atoms with Crippen LogP contribution >= 0.6 is 15.9 Å². The SMILES string of the molecule is Cc1ccccc1OCc1ccc(Br)c(N)c1. The fourth-order valence-electron chi connectivity index (χ4n) is 1.56. The van der Waals surface area contributed by atoms with Crippen molar-refractivity contribution in [3.05, 3.63) is 58.1 Å². The van der Waals surface area contributed by atoms with Crippen LogP contribution in [0.4, 0.5) is 5.69 Å². The highest BCUT2D eigenvalue weighted by molar-refractivity contribution is 9.10. The van der Waals surface area contributed by atoms with Gasteiger partial charge in [0, 0.05) is 10.2 Å². The zero-order valence-electron chi connectivity index (χ0n) is 9.61. The minimum atomic E-state index is 0.530. The van der Waals surface area contributed by atoms with E-state index in [0.717, 1.165) is 27.0 Å². The van der Waals surface area contributed by atoms with E-state index >= 15 is 0 Å². The average Bonchev–Trinajstić information content (AvgIpc) is 2.32. The van der Waals surface area contributed by atoms with E-state index in [9.17, 15) is 0 Å². The molecule has 0 bridgehead atoms. The third-order valence-electron chi connectivity index (χ3n) is 2.55. The van der Waals surface area contributed by atoms with Crippen LogP contribution in [0.1, 0.15) is 11.1 Å². The van der Waals surface area contributed by atoms with Crippen LogP contribution in [0.15, 0.2) is 46.9 Å². The van der Waals surface area contributed by atoms with Crippen molar-refractivity contribution >= 4 is 21.6 Å². The van der Waals surface area contributed by atoms with Crippen molar-refractivity contribution in [2.45, 2.75) is 13.5 Å². The minimum absolute atomic E-state index is 0.530. The second-order valence-corrected chi connectivity index (χ2v) is 4.76. The maximum Gasteiger partial charge on any atom is 0.122 e. The Morgan fingerprint density at radius 1 is 1.18 bits per heavy atom. The molecule has 3 heteroatoms. The summed E-state index contributed by atoms with van der Waals surface area (Å²) in [6.07, 6.45) is 0. The topological polar surface area (TPSA) is 35.2 Å². The fraction of sp³-hybridized carbons (Fsp3) is 0.143. The zero-order chi connectivity index (χ0) is 12.3. The van der Waals surface area contributed by atoms with E-state index in [1.165, 1.54) is 0 Å². The molecule has 2 aromatic rings. The number of nitrogen functional groups attached to an aromatic ring is 1. The first kappa shape index (κ1) is 12.0. The number of halogens is 1. The summed E-state index contributed by atoms with van der Waals surface area (Å²) in [6.45, 7) is 2.56. The lowest BCUT2D eigenvalue weighted by Crippen LogP contribution is -1.98. The number of benzene rings is 2. The van der Waals surface area contributed by atoms with Gasteiger partial charge in [0.1, 0.15) is 12.4 Å². The molecule has 2 N–H and O–H groups in total. The van der Waals surface area contributed by atoms with E-state index in [4.69, 9.17) is 10.5 Å². The third kappa shape index (κ3) is 3.01. The Kier molecular flexibility index (Phi) is 3.69. The van der Waals surface area contributed by atoms with Gasteiger partial charge in [-0.1, -0.05) is 24.3 Å². The molecule has 0 aliphatic heterocycles. The number of ether oxygens (including phenoxy) is 1. The lowest BCUT2D eigenvalue weighted by Gasteiger charge is -2.09. The highest BCUT2D eigenvalue weighted by Gasteiger charge is 2.01. The van der Waals surface area contributed by atoms with Gasteiger partial charge in [-0.15, -0.1) is 0 Å². The van der Waals surface area contributed by atoms with Gasteiger partial charge in [-0.3, -0.25) is 0 Å². The zero-order valence-corrected chi connectivity index (χ0v) is 11.2. The quantitative estimate of drug-likeness (QED) is 0.870. The molecular formula is C14H14BrNO. The number of anilines is 1. The second-order valence-electron chi connectivity index (χ2n) is 3.91. The summed E-state index contributed by atoms with van der Waals surface area (Å²) < 4.78 is 6.66. The number of hydrogen-bond acceptors (Lipinski definition) is 2. The van der Waals surface area contributed by atoms with Gasteiger partial charge in [0.15, 0.2) is 0 Å². The number of aryl methyl sites for hydroxylation is 1. The van der Waals surface area contributed by atoms with Crippen molar-refractivity contribution in [1.29, 1.82) is 0 Å². The van der Waals surface area contributed by atoms with Gasteiger partial charge in [-0.05, 0) is 52.2 Å². The molecule has 0 saturated carbocycles. The van der Waals surface area contributed by atoms with E-state index in [0.29, 0.717) is 6.61 Å². The van der Waals surface area contributed by atoms with Crippen molar-refractivity contribution in [2.24, 2.45) is 0 Å². The summed E-state index contributed by atoms with van der Waals surface area (Å²) in [5, 5.41) is 0. The van der Waals surface area contributed by atoms with E-state index in [1.54, 1.807) is 0 Å². The van der Waals surface area contributed by atoms with Crippen molar-refractivity contribution in [3.63, 3.8) is 0 Å². The van der Waals surface area contributed by atoms with Crippen LogP contribution in [-0.2, 0) is 6.61 Å². The van der Waals surface area contributed by atoms with Crippen molar-refractivity contribution in [1.82, 2.24) is 0 Å². The molecule has 0 unspecified atom stereocenters. The Hall–Kier alpha value is -1.48. The molecule has 0 heterocycles. The monoisotopic (exact) mass is 291 g/mol. The largest absolute Gasteiger partial charge is 0.489 e. The minimum Gasteiger partial charge on any atom is -0.489 e. The van der Waals surface area contributed by atoms with Gasteiger partial charge >= 0.3 is 0 Å². The van der Waals surface area contributed by atoms with Crippen LogP contribution in [0.5, 0.6) is 5.75 Å². The first-order valence-electron chi connectivity index (χ1n) is 5.39. The lowest BCUT2D eigenvalue weighted by molar-refractivity contribution is 0.304. The van der Waals surface area contributed by atoms with Gasteiger partial charge < -0.3 is 10.5 Å². The van der Waals surface area contributed by atoms with Crippen LogP contribution in [0, 0.1) is 6.92 Å². The van der Waals surface area contributed by atoms with Crippen molar-refractivity contribution < 1.29 is 4.74 Å². The molecule has 17 heavy (non-hydrogen) atoms. The predicted octanol–water partition coefficient (Wildman–Crippen LogP) is 3.92. The van der Waals surface area contributed by atoms with Crippen molar-refractivity contribution in [3.8, 4) is 5.75 Å². The third-order valence-corrected chi connectivity index (χ3v) is 3.27. The van der Waals surface area contributed by atoms with E-state index in [-0.39, 0.29) is 0 Å². The second kappa shape index (κ2) is 5.23. The Labute approximate surface area is 110 Å². The molecule has 2 nitrogen and oxygen atoms in total. The molecule has 0 aromatic heterocycles. The van der Waals surface area contributed by atoms with Gasteiger partial charge in [-0.25, -0.2) is 0 Å². The molecule has 2 rings (SSSR count). The summed E-state index contributed by atoms with van der Waals surface area (Å²) in [4.78, 5) is 0. The Balaban J connectivity index is 2.08. The molecular weight excluding hydrogens is 278 g/mol. The Morgan fingerprint density at radius 3 is 2.65 bits per heavy atom. The Morgan fingerprint density at radius 2 is 1.94 bits per heavy atom. The van der Waals surface area contributed by atoms with E-state index in [2.05, 4.69) is 15.9 Å². The smallest absolute Gasteiger partial charge is 0.122 e. The maximum atomic E-state index is 5.82. The van der Waals surface area contributed by atoms with Gasteiger partial charge in [-0.2, -0.15) is 0 Å². The predicted molar refractivity (Wildman–Crippen MR) is 74.1 cm³/mol. The molecule has 0 amide bonds. The highest BCUT2D eigenvalue weighted by atomic mass is 79.9. The number of nitrogens with two attached hydrogens (primary N) is 1. The molecule has 88 valence electrons. The molecule has 0 saturated heterocycles. The van der Waals surface area contributed by atoms with Crippen LogP contribution in [0.25, 0.3) is 0 Å². The summed E-state index contributed by atoms with van der Waals surface area (Å²) in [5.74, 6) is 0.911. The van der Waals surface area contributed by atoms with Crippen LogP contribution in [-0.4, -0.2) is 0 Å². The highest BCUT2D eigenvalue weighted by Crippen LogP contribution is 2.22. The van der Waals surface area contributed by atoms with Gasteiger partial charge in [0.05, 0.1) is 0 Å². The molecule has 2 aromatic carbocycles. The molecule has 0 radical (unpaired) electrons. The number of para-hydroxylation sites is 1. The molecule has 0 atom stereocenters. The van der Waals surface area contributed by atoms with Gasteiger partial charge in [0.2, 0.25) is 0 Å². The normalized spacial score (nSPS) is 10.2. The average molecular weight is 292 g/mol. The number of hydrogen-bond donors (Lipinski definition) is 1. The first-order chi connectivity index (χ1) is 8.16. The van der Waals surface area contributed by atoms with Crippen molar-refractivity contribution in [2.75, 3.05) is 5.73 Å². The fourth-order valence-corrected chi connectivity index (χ4v) is 1.81. The molecule has 0 spiro atoms. The summed E-state index contributed by atoms with van der Waals surface area (Å²) >= 11 is 3.37. The van der Waals surface area contributed by atoms with E-state index < -0.39 is 0 Å². The maximum absolute atomic E-state index is 5.82. The van der Waals surface area contributed by atoms with E-state index in [1.807, 2.05) is 49.4 Å². The standard InChI is InChI=1S/C14H14BrNO/c1-10-4-2-3-5-14(10)17-9-11-6-7-12(15)13(16)8-11/h2-8H,9,16H2,1H3. The molecule has 0 aliphatic rings. The first-order valence-corrected chi connectivity index (χ1v) is 6.18. The Bertz CT molecular complexity index is 525. The molecule has 0 fully saturated rings. The lowest BCUT2D eigenvalue weighted by atomic mass is 10.2. The van der Waals surface area contributed by atoms with Crippen LogP contribution in [0.3, 0.4) is 0 Å². The summed E-state index contributed by atoms with van der Waals surface area (Å²) in [6, 6.07) is 13.8.